The van der Waals surface area contributed by atoms with Gasteiger partial charge >= 0.3 is 0 Å². The largest absolute Gasteiger partial charge is 0.322 e. The minimum Gasteiger partial charge on any atom is -0.322 e. The molecule has 0 aliphatic carbocycles. The summed E-state index contributed by atoms with van der Waals surface area (Å²) < 4.78 is 43.3. The fourth-order valence-electron chi connectivity index (χ4n) is 3.76. The standard InChI is InChI=1S/C21H22ClFN6O3S/c1-13-4-3-9-28(12-13)33(31,32)20-10-15(5-7-17(20)22)21(30)24-16-6-8-18(23)19(11-16)29-14(2)25-26-27-29/h5-8,10-11,13H,3-4,9,12H2,1-2H3,(H,24,30). The minimum atomic E-state index is -3.85. The molecule has 1 amide bonds. The molecule has 3 aromatic rings. The quantitative estimate of drug-likeness (QED) is 0.584. The first-order valence-electron chi connectivity index (χ1n) is 10.3. The molecule has 0 saturated carbocycles. The van der Waals surface area contributed by atoms with Gasteiger partial charge in [-0.15, -0.1) is 5.10 Å². The van der Waals surface area contributed by atoms with Gasteiger partial charge in [0, 0.05) is 24.3 Å². The second-order valence-corrected chi connectivity index (χ2v) is 10.3. The molecule has 0 bridgehead atoms. The molecule has 1 aromatic heterocycles. The number of hydrogen-bond acceptors (Lipinski definition) is 6. The highest BCUT2D eigenvalue weighted by atomic mass is 35.5. The summed E-state index contributed by atoms with van der Waals surface area (Å²) in [5.74, 6) is -0.521. The number of piperidine rings is 1. The lowest BCUT2D eigenvalue weighted by Gasteiger charge is -2.30. The third-order valence-corrected chi connectivity index (χ3v) is 7.84. The fourth-order valence-corrected chi connectivity index (χ4v) is 5.86. The van der Waals surface area contributed by atoms with Crippen molar-refractivity contribution in [2.45, 2.75) is 31.6 Å². The minimum absolute atomic E-state index is 0.0444. The molecule has 9 nitrogen and oxygen atoms in total. The third-order valence-electron chi connectivity index (χ3n) is 5.49. The van der Waals surface area contributed by atoms with Crippen LogP contribution in [-0.4, -0.2) is 51.9 Å². The maximum absolute atomic E-state index is 14.3. The van der Waals surface area contributed by atoms with E-state index in [2.05, 4.69) is 20.8 Å². The Morgan fingerprint density at radius 2 is 2.03 bits per heavy atom. The molecule has 174 valence electrons. The number of carbonyl (C=O) groups excluding carboxylic acids is 1. The lowest BCUT2D eigenvalue weighted by molar-refractivity contribution is 0.102. The van der Waals surface area contributed by atoms with Crippen LogP contribution >= 0.6 is 11.6 Å². The number of aromatic nitrogens is 4. The zero-order valence-electron chi connectivity index (χ0n) is 18.0. The zero-order chi connectivity index (χ0) is 23.8. The third kappa shape index (κ3) is 4.75. The van der Waals surface area contributed by atoms with Crippen molar-refractivity contribution in [3.63, 3.8) is 0 Å². The molecule has 1 atom stereocenters. The molecule has 12 heteroatoms. The highest BCUT2D eigenvalue weighted by molar-refractivity contribution is 7.89. The van der Waals surface area contributed by atoms with Gasteiger partial charge in [-0.25, -0.2) is 12.8 Å². The molecule has 1 N–H and O–H groups in total. The monoisotopic (exact) mass is 492 g/mol. The molecule has 1 aliphatic heterocycles. The Morgan fingerprint density at radius 3 is 2.73 bits per heavy atom. The Bertz CT molecular complexity index is 1310. The van der Waals surface area contributed by atoms with E-state index in [0.717, 1.165) is 12.8 Å². The Hall–Kier alpha value is -2.89. The normalized spacial score (nSPS) is 17.2. The number of aryl methyl sites for hydroxylation is 1. The summed E-state index contributed by atoms with van der Waals surface area (Å²) in [5, 5.41) is 13.7. The molecule has 1 fully saturated rings. The van der Waals surface area contributed by atoms with Gasteiger partial charge in [0.2, 0.25) is 10.0 Å². The number of sulfonamides is 1. The van der Waals surface area contributed by atoms with Crippen molar-refractivity contribution >= 4 is 33.2 Å². The van der Waals surface area contributed by atoms with Crippen molar-refractivity contribution in [2.24, 2.45) is 5.92 Å². The number of rotatable bonds is 5. The van der Waals surface area contributed by atoms with E-state index < -0.39 is 21.7 Å². The van der Waals surface area contributed by atoms with Crippen LogP contribution in [0.15, 0.2) is 41.3 Å². The summed E-state index contributed by atoms with van der Waals surface area (Å²) in [6.45, 7) is 4.43. The first kappa shape index (κ1) is 23.3. The van der Waals surface area contributed by atoms with Gasteiger partial charge in [0.05, 0.1) is 5.02 Å². The van der Waals surface area contributed by atoms with Gasteiger partial charge in [-0.1, -0.05) is 18.5 Å². The van der Waals surface area contributed by atoms with E-state index in [1.807, 2.05) is 6.92 Å². The number of carbonyl (C=O) groups is 1. The number of nitrogens with zero attached hydrogens (tertiary/aromatic N) is 5. The molecule has 2 heterocycles. The zero-order valence-corrected chi connectivity index (χ0v) is 19.6. The highest BCUT2D eigenvalue weighted by Gasteiger charge is 2.31. The van der Waals surface area contributed by atoms with Crippen LogP contribution in [0, 0.1) is 18.7 Å². The second-order valence-electron chi connectivity index (χ2n) is 8.01. The number of anilines is 1. The maximum Gasteiger partial charge on any atom is 0.255 e. The van der Waals surface area contributed by atoms with Crippen LogP contribution in [0.2, 0.25) is 5.02 Å². The van der Waals surface area contributed by atoms with E-state index in [0.29, 0.717) is 18.9 Å². The van der Waals surface area contributed by atoms with Gasteiger partial charge in [0.15, 0.2) is 5.82 Å². The summed E-state index contributed by atoms with van der Waals surface area (Å²) >= 11 is 6.21. The number of benzene rings is 2. The van der Waals surface area contributed by atoms with Crippen molar-refractivity contribution in [1.29, 1.82) is 0 Å². The van der Waals surface area contributed by atoms with Crippen molar-refractivity contribution in [1.82, 2.24) is 24.5 Å². The molecular weight excluding hydrogens is 471 g/mol. The predicted octanol–water partition coefficient (Wildman–Crippen LogP) is 3.44. The Kier molecular flexibility index (Phi) is 6.46. The van der Waals surface area contributed by atoms with Crippen molar-refractivity contribution in [3.05, 3.63) is 58.6 Å². The average Bonchev–Trinajstić information content (AvgIpc) is 3.20. The highest BCUT2D eigenvalue weighted by Crippen LogP contribution is 2.29. The van der Waals surface area contributed by atoms with Crippen LogP contribution in [-0.2, 0) is 10.0 Å². The number of hydrogen-bond donors (Lipinski definition) is 1. The SMILES string of the molecule is Cc1nnnn1-c1cc(NC(=O)c2ccc(Cl)c(S(=O)(=O)N3CCCC(C)C3)c2)ccc1F. The molecule has 33 heavy (non-hydrogen) atoms. The van der Waals surface area contributed by atoms with Gasteiger partial charge < -0.3 is 5.32 Å². The fraction of sp³-hybridized carbons (Fsp3) is 0.333. The molecule has 0 spiro atoms. The molecule has 1 aliphatic rings. The average molecular weight is 493 g/mol. The van der Waals surface area contributed by atoms with Crippen LogP contribution in [0.5, 0.6) is 0 Å². The Labute approximate surface area is 195 Å². The van der Waals surface area contributed by atoms with E-state index in [1.165, 1.54) is 45.4 Å². The summed E-state index contributed by atoms with van der Waals surface area (Å²) in [6.07, 6.45) is 1.73. The molecular formula is C21H22ClFN6O3S. The summed E-state index contributed by atoms with van der Waals surface area (Å²) in [7, 11) is -3.85. The number of halogens is 2. The van der Waals surface area contributed by atoms with Gasteiger partial charge in [-0.05, 0) is 72.5 Å². The van der Waals surface area contributed by atoms with Gasteiger partial charge in [-0.3, -0.25) is 4.79 Å². The van der Waals surface area contributed by atoms with E-state index in [4.69, 9.17) is 11.6 Å². The summed E-state index contributed by atoms with van der Waals surface area (Å²) in [4.78, 5) is 12.8. The van der Waals surface area contributed by atoms with Gasteiger partial charge in [0.1, 0.15) is 16.4 Å². The van der Waals surface area contributed by atoms with Crippen LogP contribution in [0.25, 0.3) is 5.69 Å². The maximum atomic E-state index is 14.3. The van der Waals surface area contributed by atoms with Crippen molar-refractivity contribution < 1.29 is 17.6 Å². The molecule has 1 saturated heterocycles. The number of nitrogens with one attached hydrogen (secondary N) is 1. The summed E-state index contributed by atoms with van der Waals surface area (Å²) in [5.41, 5.74) is 0.455. The predicted molar refractivity (Wildman–Crippen MR) is 120 cm³/mol. The second kappa shape index (κ2) is 9.16. The Balaban J connectivity index is 1.61. The van der Waals surface area contributed by atoms with E-state index in [-0.39, 0.29) is 32.8 Å². The Morgan fingerprint density at radius 1 is 1.24 bits per heavy atom. The van der Waals surface area contributed by atoms with Gasteiger partial charge in [-0.2, -0.15) is 8.99 Å². The van der Waals surface area contributed by atoms with Crippen LogP contribution < -0.4 is 5.32 Å². The van der Waals surface area contributed by atoms with E-state index >= 15 is 0 Å². The number of amides is 1. The smallest absolute Gasteiger partial charge is 0.255 e. The lowest BCUT2D eigenvalue weighted by atomic mass is 10.0. The molecule has 0 radical (unpaired) electrons. The topological polar surface area (TPSA) is 110 Å². The first-order chi connectivity index (χ1) is 15.7. The lowest BCUT2D eigenvalue weighted by Crippen LogP contribution is -2.39. The summed E-state index contributed by atoms with van der Waals surface area (Å²) in [6, 6.07) is 8.05. The van der Waals surface area contributed by atoms with Crippen LogP contribution in [0.1, 0.15) is 35.9 Å². The number of tetrazole rings is 1. The van der Waals surface area contributed by atoms with Gasteiger partial charge in [0.25, 0.3) is 5.91 Å². The van der Waals surface area contributed by atoms with Crippen LogP contribution in [0.4, 0.5) is 10.1 Å². The molecule has 2 aromatic carbocycles. The van der Waals surface area contributed by atoms with Crippen LogP contribution in [0.3, 0.4) is 0 Å². The van der Waals surface area contributed by atoms with E-state index in [9.17, 15) is 17.6 Å². The molecule has 4 rings (SSSR count). The van der Waals surface area contributed by atoms with E-state index in [1.54, 1.807) is 6.92 Å². The first-order valence-corrected chi connectivity index (χ1v) is 12.1. The van der Waals surface area contributed by atoms with Crippen molar-refractivity contribution in [2.75, 3.05) is 18.4 Å². The van der Waals surface area contributed by atoms with Crippen molar-refractivity contribution in [3.8, 4) is 5.69 Å². The molecule has 1 unspecified atom stereocenters.